The van der Waals surface area contributed by atoms with Gasteiger partial charge in [0.2, 0.25) is 0 Å². The van der Waals surface area contributed by atoms with Gasteiger partial charge in [-0.15, -0.1) is 0 Å². The molecule has 0 spiro atoms. The first-order valence-electron chi connectivity index (χ1n) is 1.11. The second kappa shape index (κ2) is 11.3. The third kappa shape index (κ3) is 17.7. The maximum Gasteiger partial charge on any atom is 1.00 e. The summed E-state index contributed by atoms with van der Waals surface area (Å²) in [5.74, 6) is -3.65. The van der Waals surface area contributed by atoms with Gasteiger partial charge in [-0.3, -0.25) is 0 Å². The molecule has 0 aromatic rings. The van der Waals surface area contributed by atoms with Crippen LogP contribution in [0.2, 0.25) is 0 Å². The molecule has 6 nitrogen and oxygen atoms in total. The fourth-order valence-electron chi connectivity index (χ4n) is 0. The van der Waals surface area contributed by atoms with Crippen molar-refractivity contribution in [2.75, 3.05) is 0 Å². The second-order valence-corrected chi connectivity index (χ2v) is 0.610. The van der Waals surface area contributed by atoms with Crippen molar-refractivity contribution in [3.8, 4) is 0 Å². The zero-order chi connectivity index (χ0) is 5.15. The van der Waals surface area contributed by atoms with Crippen LogP contribution >= 0.6 is 0 Å². The van der Waals surface area contributed by atoms with Gasteiger partial charge in [0, 0.05) is 0 Å². The molecule has 6 N–H and O–H groups in total. The maximum atomic E-state index is 9.10. The van der Waals surface area contributed by atoms with Gasteiger partial charge in [-0.05, 0) is 0 Å². The van der Waals surface area contributed by atoms with Crippen LogP contribution in [0.15, 0.2) is 0 Å². The van der Waals surface area contributed by atoms with Crippen LogP contribution in [0, 0.1) is 0 Å². The standard InChI is InChI=1S/C2H2O4.K.2H2O.H/c3-1(4)2(5)6;;;;/h(H,3,4)(H,5,6);;2*1H2;/q;+1;;;-1. The zero-order valence-corrected chi connectivity index (χ0v) is 7.83. The van der Waals surface area contributed by atoms with Crippen LogP contribution < -0.4 is 51.4 Å². The van der Waals surface area contributed by atoms with Crippen molar-refractivity contribution in [1.82, 2.24) is 0 Å². The summed E-state index contributed by atoms with van der Waals surface area (Å²) in [6.45, 7) is 0. The third-order valence-electron chi connectivity index (χ3n) is 0.183. The Morgan fingerprint density at radius 3 is 1.11 bits per heavy atom. The van der Waals surface area contributed by atoms with Gasteiger partial charge < -0.3 is 22.6 Å². The first-order chi connectivity index (χ1) is 2.64. The molecule has 0 aromatic carbocycles. The number of aliphatic carboxylic acids is 2. The fourth-order valence-corrected chi connectivity index (χ4v) is 0. The van der Waals surface area contributed by atoms with Crippen LogP contribution in [0.4, 0.5) is 0 Å². The number of rotatable bonds is 0. The zero-order valence-electron chi connectivity index (χ0n) is 5.71. The van der Waals surface area contributed by atoms with E-state index in [0.29, 0.717) is 0 Å². The molecule has 0 aliphatic carbocycles. The Morgan fingerprint density at radius 1 is 1.00 bits per heavy atom. The third-order valence-corrected chi connectivity index (χ3v) is 0.183. The summed E-state index contributed by atoms with van der Waals surface area (Å²) in [4.78, 5) is 18.2. The Morgan fingerprint density at radius 2 is 1.11 bits per heavy atom. The molecule has 0 amide bonds. The van der Waals surface area contributed by atoms with Gasteiger partial charge >= 0.3 is 63.3 Å². The fraction of sp³-hybridized carbons (Fsp3) is 0. The molecule has 0 aromatic heterocycles. The predicted molar refractivity (Wildman–Crippen MR) is 23.6 cm³/mol. The Hall–Kier alpha value is 0.496. The van der Waals surface area contributed by atoms with Crippen LogP contribution in [-0.4, -0.2) is 33.1 Å². The largest absolute Gasteiger partial charge is 1.00 e. The van der Waals surface area contributed by atoms with E-state index in [1.165, 1.54) is 0 Å². The quantitative estimate of drug-likeness (QED) is 0.274. The molecular formula is C2H7KO6. The molecule has 0 heterocycles. The van der Waals surface area contributed by atoms with Crippen LogP contribution in [0.3, 0.4) is 0 Å². The molecule has 0 atom stereocenters. The number of carboxylic acid groups (broad SMARTS) is 2. The summed E-state index contributed by atoms with van der Waals surface area (Å²) in [5, 5.41) is 14.8. The minimum absolute atomic E-state index is 0. The summed E-state index contributed by atoms with van der Waals surface area (Å²) >= 11 is 0. The molecule has 52 valence electrons. The van der Waals surface area contributed by atoms with Crippen molar-refractivity contribution in [3.63, 3.8) is 0 Å². The Bertz CT molecular complexity index is 81.7. The number of carbonyl (C=O) groups is 2. The number of hydrogen-bond donors (Lipinski definition) is 2. The second-order valence-electron chi connectivity index (χ2n) is 0.610. The van der Waals surface area contributed by atoms with Crippen molar-refractivity contribution >= 4 is 11.9 Å². The van der Waals surface area contributed by atoms with E-state index >= 15 is 0 Å². The summed E-state index contributed by atoms with van der Waals surface area (Å²) in [7, 11) is 0. The van der Waals surface area contributed by atoms with Crippen molar-refractivity contribution in [3.05, 3.63) is 0 Å². The molecule has 0 saturated heterocycles. The van der Waals surface area contributed by atoms with Crippen molar-refractivity contribution in [1.29, 1.82) is 0 Å². The Kier molecular flexibility index (Phi) is 28.5. The van der Waals surface area contributed by atoms with Crippen molar-refractivity contribution < 1.29 is 83.6 Å². The maximum absolute atomic E-state index is 9.10. The first kappa shape index (κ1) is 22.7. The minimum atomic E-state index is -1.82. The van der Waals surface area contributed by atoms with E-state index in [2.05, 4.69) is 0 Å². The SMILES string of the molecule is O.O.O=C(O)C(=O)O.[H-].[K+]. The number of carboxylic acids is 2. The van der Waals surface area contributed by atoms with Crippen LogP contribution in [0.5, 0.6) is 0 Å². The molecule has 0 rings (SSSR count). The first-order valence-corrected chi connectivity index (χ1v) is 1.11. The summed E-state index contributed by atoms with van der Waals surface area (Å²) in [5.41, 5.74) is 0. The molecule has 0 bridgehead atoms. The summed E-state index contributed by atoms with van der Waals surface area (Å²) in [6.07, 6.45) is 0. The van der Waals surface area contributed by atoms with E-state index in [1.54, 1.807) is 0 Å². The van der Waals surface area contributed by atoms with E-state index in [9.17, 15) is 0 Å². The van der Waals surface area contributed by atoms with E-state index in [4.69, 9.17) is 19.8 Å². The average molecular weight is 166 g/mol. The predicted octanol–water partition coefficient (Wildman–Crippen LogP) is -5.38. The van der Waals surface area contributed by atoms with Gasteiger partial charge in [-0.1, -0.05) is 0 Å². The molecule has 7 heteroatoms. The van der Waals surface area contributed by atoms with Gasteiger partial charge in [0.15, 0.2) is 0 Å². The van der Waals surface area contributed by atoms with Gasteiger partial charge in [0.25, 0.3) is 0 Å². The van der Waals surface area contributed by atoms with Gasteiger partial charge in [0.05, 0.1) is 0 Å². The molecule has 0 saturated carbocycles. The topological polar surface area (TPSA) is 138 Å². The van der Waals surface area contributed by atoms with E-state index in [-0.39, 0.29) is 63.8 Å². The average Bonchev–Trinajstić information content (AvgIpc) is 1.36. The molecule has 0 unspecified atom stereocenters. The molecular weight excluding hydrogens is 159 g/mol. The van der Waals surface area contributed by atoms with E-state index in [0.717, 1.165) is 0 Å². The molecule has 0 radical (unpaired) electrons. The molecule has 0 aliphatic heterocycles. The monoisotopic (exact) mass is 166 g/mol. The molecule has 0 aliphatic rings. The van der Waals surface area contributed by atoms with Crippen molar-refractivity contribution in [2.24, 2.45) is 0 Å². The van der Waals surface area contributed by atoms with Crippen LogP contribution in [-0.2, 0) is 9.59 Å². The van der Waals surface area contributed by atoms with E-state index < -0.39 is 11.9 Å². The van der Waals surface area contributed by atoms with Gasteiger partial charge in [-0.25, -0.2) is 9.59 Å². The summed E-state index contributed by atoms with van der Waals surface area (Å²) < 4.78 is 0. The van der Waals surface area contributed by atoms with Gasteiger partial charge in [-0.2, -0.15) is 0 Å². The van der Waals surface area contributed by atoms with Crippen LogP contribution in [0.25, 0.3) is 0 Å². The van der Waals surface area contributed by atoms with E-state index in [1.807, 2.05) is 0 Å². The van der Waals surface area contributed by atoms with Crippen molar-refractivity contribution in [2.45, 2.75) is 0 Å². The normalized spacial score (nSPS) is 4.89. The molecule has 0 fully saturated rings. The summed E-state index contributed by atoms with van der Waals surface area (Å²) in [6, 6.07) is 0. The van der Waals surface area contributed by atoms with Gasteiger partial charge in [0.1, 0.15) is 0 Å². The Labute approximate surface area is 94.4 Å². The number of hydrogen-bond acceptors (Lipinski definition) is 2. The molecule has 9 heavy (non-hydrogen) atoms. The minimum Gasteiger partial charge on any atom is -1.00 e. The smallest absolute Gasteiger partial charge is 1.00 e. The van der Waals surface area contributed by atoms with Crippen LogP contribution in [0.1, 0.15) is 1.43 Å². The Balaban J connectivity index is -0.0000000208.